The van der Waals surface area contributed by atoms with E-state index in [1.165, 1.54) is 22.4 Å². The van der Waals surface area contributed by atoms with Gasteiger partial charge >= 0.3 is 0 Å². The molecular formula is C15H21N3. The zero-order valence-corrected chi connectivity index (χ0v) is 11.4. The number of hydrogen-bond acceptors (Lipinski definition) is 2. The molecule has 0 radical (unpaired) electrons. The average molecular weight is 243 g/mol. The van der Waals surface area contributed by atoms with E-state index in [4.69, 9.17) is 0 Å². The molecule has 0 bridgehead atoms. The molecule has 1 N–H and O–H groups in total. The van der Waals surface area contributed by atoms with Crippen LogP contribution >= 0.6 is 0 Å². The molecule has 0 atom stereocenters. The van der Waals surface area contributed by atoms with E-state index >= 15 is 0 Å². The molecule has 1 aromatic heterocycles. The highest BCUT2D eigenvalue weighted by atomic mass is 15.3. The van der Waals surface area contributed by atoms with Crippen LogP contribution in [0.25, 0.3) is 0 Å². The van der Waals surface area contributed by atoms with Gasteiger partial charge in [-0.05, 0) is 37.9 Å². The van der Waals surface area contributed by atoms with Gasteiger partial charge in [0.2, 0.25) is 0 Å². The number of aromatic nitrogens is 2. The second-order valence-corrected chi connectivity index (χ2v) is 4.73. The van der Waals surface area contributed by atoms with E-state index in [0.29, 0.717) is 0 Å². The normalized spacial score (nSPS) is 10.8. The second-order valence-electron chi connectivity index (χ2n) is 4.73. The number of nitrogens with zero attached hydrogens (tertiary/aromatic N) is 2. The minimum atomic E-state index is 0.894. The molecule has 1 aromatic carbocycles. The van der Waals surface area contributed by atoms with Crippen molar-refractivity contribution in [1.29, 1.82) is 0 Å². The van der Waals surface area contributed by atoms with Crippen LogP contribution in [0.1, 0.15) is 22.4 Å². The van der Waals surface area contributed by atoms with Crippen LogP contribution in [-0.4, -0.2) is 16.3 Å². The van der Waals surface area contributed by atoms with Gasteiger partial charge in [-0.1, -0.05) is 24.3 Å². The SMILES string of the molecule is Cc1ccccc1CCNCc1cnn(C)c1C. The van der Waals surface area contributed by atoms with Crippen LogP contribution in [0.2, 0.25) is 0 Å². The van der Waals surface area contributed by atoms with Crippen molar-refractivity contribution >= 4 is 0 Å². The third kappa shape index (κ3) is 2.99. The number of hydrogen-bond donors (Lipinski definition) is 1. The summed E-state index contributed by atoms with van der Waals surface area (Å²) < 4.78 is 1.92. The third-order valence-corrected chi connectivity index (χ3v) is 3.48. The Bertz CT molecular complexity index is 514. The molecule has 3 heteroatoms. The third-order valence-electron chi connectivity index (χ3n) is 3.48. The van der Waals surface area contributed by atoms with Gasteiger partial charge in [-0.15, -0.1) is 0 Å². The fourth-order valence-electron chi connectivity index (χ4n) is 2.05. The lowest BCUT2D eigenvalue weighted by atomic mass is 10.1. The highest BCUT2D eigenvalue weighted by Gasteiger charge is 2.02. The maximum Gasteiger partial charge on any atom is 0.0537 e. The Morgan fingerprint density at radius 3 is 2.61 bits per heavy atom. The second kappa shape index (κ2) is 5.83. The molecule has 0 fully saturated rings. The number of aryl methyl sites for hydroxylation is 2. The first kappa shape index (κ1) is 12.8. The van der Waals surface area contributed by atoms with Crippen molar-refractivity contribution in [3.05, 3.63) is 52.8 Å². The summed E-state index contributed by atoms with van der Waals surface area (Å²) in [6.07, 6.45) is 3.02. The Morgan fingerprint density at radius 1 is 1.17 bits per heavy atom. The summed E-state index contributed by atoms with van der Waals surface area (Å²) in [5, 5.41) is 7.72. The van der Waals surface area contributed by atoms with E-state index in [-0.39, 0.29) is 0 Å². The first-order chi connectivity index (χ1) is 8.68. The van der Waals surface area contributed by atoms with Crippen molar-refractivity contribution in [2.45, 2.75) is 26.8 Å². The van der Waals surface area contributed by atoms with E-state index in [9.17, 15) is 0 Å². The fourth-order valence-corrected chi connectivity index (χ4v) is 2.05. The maximum absolute atomic E-state index is 4.24. The molecule has 0 saturated heterocycles. The minimum Gasteiger partial charge on any atom is -0.312 e. The van der Waals surface area contributed by atoms with Gasteiger partial charge in [-0.2, -0.15) is 5.10 Å². The van der Waals surface area contributed by atoms with Crippen LogP contribution in [0, 0.1) is 13.8 Å². The quantitative estimate of drug-likeness (QED) is 0.817. The molecule has 1 heterocycles. The summed E-state index contributed by atoms with van der Waals surface area (Å²) in [6, 6.07) is 8.56. The smallest absolute Gasteiger partial charge is 0.0537 e. The predicted octanol–water partition coefficient (Wildman–Crippen LogP) is 2.37. The van der Waals surface area contributed by atoms with Gasteiger partial charge in [-0.3, -0.25) is 4.68 Å². The molecule has 2 aromatic rings. The maximum atomic E-state index is 4.24. The molecule has 3 nitrogen and oxygen atoms in total. The highest BCUT2D eigenvalue weighted by Crippen LogP contribution is 2.08. The topological polar surface area (TPSA) is 29.9 Å². The van der Waals surface area contributed by atoms with Gasteiger partial charge in [0.15, 0.2) is 0 Å². The lowest BCUT2D eigenvalue weighted by Crippen LogP contribution is -2.17. The first-order valence-corrected chi connectivity index (χ1v) is 6.41. The van der Waals surface area contributed by atoms with E-state index < -0.39 is 0 Å². The zero-order valence-electron chi connectivity index (χ0n) is 11.4. The van der Waals surface area contributed by atoms with Crippen molar-refractivity contribution in [2.24, 2.45) is 7.05 Å². The van der Waals surface area contributed by atoms with Crippen LogP contribution in [0.15, 0.2) is 30.5 Å². The summed E-state index contributed by atoms with van der Waals surface area (Å²) in [5.41, 5.74) is 5.31. The monoisotopic (exact) mass is 243 g/mol. The Labute approximate surface area is 109 Å². The Hall–Kier alpha value is -1.61. The average Bonchev–Trinajstić information content (AvgIpc) is 2.68. The van der Waals surface area contributed by atoms with Crippen LogP contribution in [-0.2, 0) is 20.0 Å². The summed E-state index contributed by atoms with van der Waals surface area (Å²) in [4.78, 5) is 0. The van der Waals surface area contributed by atoms with Crippen molar-refractivity contribution < 1.29 is 0 Å². The van der Waals surface area contributed by atoms with E-state index in [1.54, 1.807) is 0 Å². The van der Waals surface area contributed by atoms with Gasteiger partial charge < -0.3 is 5.32 Å². The fraction of sp³-hybridized carbons (Fsp3) is 0.400. The lowest BCUT2D eigenvalue weighted by Gasteiger charge is -2.07. The lowest BCUT2D eigenvalue weighted by molar-refractivity contribution is 0.678. The molecule has 0 unspecified atom stereocenters. The van der Waals surface area contributed by atoms with Gasteiger partial charge in [-0.25, -0.2) is 0 Å². The Morgan fingerprint density at radius 2 is 1.94 bits per heavy atom. The zero-order chi connectivity index (χ0) is 13.0. The summed E-state index contributed by atoms with van der Waals surface area (Å²) in [5.74, 6) is 0. The molecular weight excluding hydrogens is 222 g/mol. The van der Waals surface area contributed by atoms with Crippen molar-refractivity contribution in [1.82, 2.24) is 15.1 Å². The number of rotatable bonds is 5. The Balaban J connectivity index is 1.80. The standard InChI is InChI=1S/C15H21N3/c1-12-6-4-5-7-14(12)8-9-16-10-15-11-17-18(3)13(15)2/h4-7,11,16H,8-10H2,1-3H3. The highest BCUT2D eigenvalue weighted by molar-refractivity contribution is 5.25. The molecule has 0 aliphatic carbocycles. The van der Waals surface area contributed by atoms with E-state index in [0.717, 1.165) is 19.5 Å². The molecule has 96 valence electrons. The van der Waals surface area contributed by atoms with Crippen LogP contribution < -0.4 is 5.32 Å². The molecule has 18 heavy (non-hydrogen) atoms. The molecule has 2 rings (SSSR count). The Kier molecular flexibility index (Phi) is 4.15. The molecule has 0 aliphatic heterocycles. The van der Waals surface area contributed by atoms with Crippen LogP contribution in [0.5, 0.6) is 0 Å². The molecule has 0 aliphatic rings. The van der Waals surface area contributed by atoms with Crippen molar-refractivity contribution in [3.8, 4) is 0 Å². The van der Waals surface area contributed by atoms with E-state index in [2.05, 4.69) is 48.5 Å². The van der Waals surface area contributed by atoms with Gasteiger partial charge in [0.1, 0.15) is 0 Å². The van der Waals surface area contributed by atoms with Crippen LogP contribution in [0.3, 0.4) is 0 Å². The minimum absolute atomic E-state index is 0.894. The predicted molar refractivity (Wildman–Crippen MR) is 74.5 cm³/mol. The molecule has 0 amide bonds. The summed E-state index contributed by atoms with van der Waals surface area (Å²) in [7, 11) is 1.98. The van der Waals surface area contributed by atoms with Gasteiger partial charge in [0.25, 0.3) is 0 Å². The number of nitrogens with one attached hydrogen (secondary N) is 1. The van der Waals surface area contributed by atoms with Crippen molar-refractivity contribution in [3.63, 3.8) is 0 Å². The first-order valence-electron chi connectivity index (χ1n) is 6.41. The number of benzene rings is 1. The van der Waals surface area contributed by atoms with Crippen LogP contribution in [0.4, 0.5) is 0 Å². The summed E-state index contributed by atoms with van der Waals surface area (Å²) >= 11 is 0. The van der Waals surface area contributed by atoms with Gasteiger partial charge in [0, 0.05) is 24.8 Å². The van der Waals surface area contributed by atoms with Crippen molar-refractivity contribution in [2.75, 3.05) is 6.54 Å². The van der Waals surface area contributed by atoms with E-state index in [1.807, 2.05) is 17.9 Å². The van der Waals surface area contributed by atoms with Gasteiger partial charge in [0.05, 0.1) is 6.20 Å². The largest absolute Gasteiger partial charge is 0.312 e. The molecule has 0 saturated carbocycles. The molecule has 0 spiro atoms. The summed E-state index contributed by atoms with van der Waals surface area (Å²) in [6.45, 7) is 6.16.